The first-order valence-corrected chi connectivity index (χ1v) is 10.9. The monoisotopic (exact) mass is 379 g/mol. The van der Waals surface area contributed by atoms with Gasteiger partial charge in [0.25, 0.3) is 0 Å². The summed E-state index contributed by atoms with van der Waals surface area (Å²) in [6.45, 7) is 4.63. The average Bonchev–Trinajstić information content (AvgIpc) is 2.97. The smallest absolute Gasteiger partial charge is 0.207 e. The zero-order valence-electron chi connectivity index (χ0n) is 15.8. The summed E-state index contributed by atoms with van der Waals surface area (Å²) in [5.74, 6) is 0.151. The van der Waals surface area contributed by atoms with Crippen molar-refractivity contribution in [1.82, 2.24) is 4.31 Å². The van der Waals surface area contributed by atoms with Crippen LogP contribution in [0.25, 0.3) is 0 Å². The molecule has 1 saturated heterocycles. The maximum Gasteiger partial charge on any atom is 0.243 e. The summed E-state index contributed by atoms with van der Waals surface area (Å²) in [5, 5.41) is 0. The minimum Gasteiger partial charge on any atom is -0.207 e. The lowest BCUT2D eigenvalue weighted by Gasteiger charge is -2.26. The molecule has 140 valence electrons. The molecule has 27 heavy (non-hydrogen) atoms. The van der Waals surface area contributed by atoms with Gasteiger partial charge in [-0.25, -0.2) is 8.42 Å². The fraction of sp³-hybridized carbons (Fsp3) is 0.304. The van der Waals surface area contributed by atoms with Gasteiger partial charge in [-0.1, -0.05) is 65.8 Å². The normalized spacial score (nSPS) is 23.3. The third-order valence-electron chi connectivity index (χ3n) is 5.65. The van der Waals surface area contributed by atoms with Gasteiger partial charge in [0.15, 0.2) is 0 Å². The van der Waals surface area contributed by atoms with E-state index < -0.39 is 10.0 Å². The summed E-state index contributed by atoms with van der Waals surface area (Å²) < 4.78 is 28.8. The number of benzene rings is 2. The standard InChI is InChI=1S/C23H25NO2S/c1-17-12-14-21(15-13-17)27(25,26)24-16-20-11-7-6-8-18(2)22(20)23(24)19-9-4-3-5-10-19/h3-5,7,9-15,20,23H,6,8,16H2,1-2H3/t20?,23-/m1/s1. The summed E-state index contributed by atoms with van der Waals surface area (Å²) in [5.41, 5.74) is 4.67. The Labute approximate surface area is 162 Å². The van der Waals surface area contributed by atoms with E-state index in [1.165, 1.54) is 11.1 Å². The Morgan fingerprint density at radius 1 is 0.963 bits per heavy atom. The molecule has 0 radical (unpaired) electrons. The van der Waals surface area contributed by atoms with Crippen LogP contribution < -0.4 is 0 Å². The van der Waals surface area contributed by atoms with E-state index in [1.807, 2.05) is 49.4 Å². The molecule has 0 saturated carbocycles. The van der Waals surface area contributed by atoms with Crippen LogP contribution in [0.5, 0.6) is 0 Å². The summed E-state index contributed by atoms with van der Waals surface area (Å²) in [6.07, 6.45) is 6.42. The largest absolute Gasteiger partial charge is 0.243 e. The molecule has 4 rings (SSSR count). The van der Waals surface area contributed by atoms with Crippen molar-refractivity contribution in [3.05, 3.63) is 89.0 Å². The molecule has 1 fully saturated rings. The van der Waals surface area contributed by atoms with Crippen LogP contribution in [0, 0.1) is 12.8 Å². The van der Waals surface area contributed by atoms with Gasteiger partial charge < -0.3 is 0 Å². The maximum absolute atomic E-state index is 13.5. The van der Waals surface area contributed by atoms with E-state index in [0.29, 0.717) is 11.4 Å². The molecule has 2 aromatic rings. The molecule has 0 aromatic heterocycles. The first kappa shape index (κ1) is 18.2. The third-order valence-corrected chi connectivity index (χ3v) is 7.49. The molecule has 1 unspecified atom stereocenters. The fourth-order valence-corrected chi connectivity index (χ4v) is 5.86. The van der Waals surface area contributed by atoms with E-state index in [4.69, 9.17) is 0 Å². The predicted octanol–water partition coefficient (Wildman–Crippen LogP) is 5.02. The first-order chi connectivity index (χ1) is 13.0. The Hall–Kier alpha value is -2.17. The van der Waals surface area contributed by atoms with Gasteiger partial charge >= 0.3 is 0 Å². The van der Waals surface area contributed by atoms with Gasteiger partial charge in [-0.2, -0.15) is 4.31 Å². The molecule has 0 spiro atoms. The summed E-state index contributed by atoms with van der Waals surface area (Å²) in [6, 6.07) is 17.0. The Morgan fingerprint density at radius 3 is 2.37 bits per heavy atom. The Bertz CT molecular complexity index is 988. The van der Waals surface area contributed by atoms with Gasteiger partial charge in [-0.3, -0.25) is 0 Å². The number of nitrogens with zero attached hydrogens (tertiary/aromatic N) is 1. The van der Waals surface area contributed by atoms with Gasteiger partial charge in [-0.15, -0.1) is 0 Å². The van der Waals surface area contributed by atoms with E-state index in [1.54, 1.807) is 16.4 Å². The van der Waals surface area contributed by atoms with Gasteiger partial charge in [0, 0.05) is 12.5 Å². The van der Waals surface area contributed by atoms with Gasteiger partial charge in [0.2, 0.25) is 10.0 Å². The van der Waals surface area contributed by atoms with Gasteiger partial charge in [0.05, 0.1) is 10.9 Å². The molecule has 2 atom stereocenters. The molecule has 1 heterocycles. The van der Waals surface area contributed by atoms with Crippen molar-refractivity contribution in [3.63, 3.8) is 0 Å². The number of rotatable bonds is 3. The van der Waals surface area contributed by atoms with Crippen LogP contribution in [0.1, 0.15) is 36.9 Å². The van der Waals surface area contributed by atoms with Crippen LogP contribution in [-0.4, -0.2) is 19.3 Å². The number of hydrogen-bond donors (Lipinski definition) is 0. The minimum absolute atomic E-state index is 0.151. The molecule has 0 N–H and O–H groups in total. The average molecular weight is 380 g/mol. The summed E-state index contributed by atoms with van der Waals surface area (Å²) in [4.78, 5) is 0.368. The number of fused-ring (bicyclic) bond motifs is 1. The third kappa shape index (κ3) is 3.28. The highest BCUT2D eigenvalue weighted by Crippen LogP contribution is 2.47. The lowest BCUT2D eigenvalue weighted by atomic mass is 9.90. The number of aryl methyl sites for hydroxylation is 1. The topological polar surface area (TPSA) is 37.4 Å². The maximum atomic E-state index is 13.5. The van der Waals surface area contributed by atoms with Crippen molar-refractivity contribution in [2.24, 2.45) is 5.92 Å². The van der Waals surface area contributed by atoms with Crippen LogP contribution in [0.4, 0.5) is 0 Å². The Balaban J connectivity index is 1.86. The van der Waals surface area contributed by atoms with Gasteiger partial charge in [-0.05, 0) is 50.0 Å². The van der Waals surface area contributed by atoms with Crippen molar-refractivity contribution >= 4 is 10.0 Å². The molecule has 0 amide bonds. The molecule has 1 aliphatic carbocycles. The van der Waals surface area contributed by atoms with Crippen molar-refractivity contribution in [2.75, 3.05) is 6.54 Å². The molecule has 4 heteroatoms. The van der Waals surface area contributed by atoms with E-state index in [-0.39, 0.29) is 12.0 Å². The molecular formula is C23H25NO2S. The molecule has 0 bridgehead atoms. The van der Waals surface area contributed by atoms with Crippen LogP contribution in [0.15, 0.2) is 82.8 Å². The Morgan fingerprint density at radius 2 is 1.67 bits per heavy atom. The Kier molecular flexibility index (Phi) is 4.79. The molecule has 1 aliphatic heterocycles. The van der Waals surface area contributed by atoms with Gasteiger partial charge in [0.1, 0.15) is 0 Å². The van der Waals surface area contributed by atoms with Crippen molar-refractivity contribution in [2.45, 2.75) is 37.6 Å². The van der Waals surface area contributed by atoms with Crippen molar-refractivity contribution in [3.8, 4) is 0 Å². The zero-order chi connectivity index (χ0) is 19.0. The molecule has 3 nitrogen and oxygen atoms in total. The molecule has 2 aromatic carbocycles. The number of allylic oxidation sites excluding steroid dienone is 2. The van der Waals surface area contributed by atoms with Crippen LogP contribution in [0.2, 0.25) is 0 Å². The number of sulfonamides is 1. The van der Waals surface area contributed by atoms with E-state index >= 15 is 0 Å². The van der Waals surface area contributed by atoms with Crippen LogP contribution in [-0.2, 0) is 10.0 Å². The van der Waals surface area contributed by atoms with Crippen molar-refractivity contribution < 1.29 is 8.42 Å². The minimum atomic E-state index is -3.58. The second kappa shape index (κ2) is 7.10. The summed E-state index contributed by atoms with van der Waals surface area (Å²) >= 11 is 0. The first-order valence-electron chi connectivity index (χ1n) is 9.48. The van der Waals surface area contributed by atoms with Crippen molar-refractivity contribution in [1.29, 1.82) is 0 Å². The van der Waals surface area contributed by atoms with E-state index in [9.17, 15) is 8.42 Å². The summed E-state index contributed by atoms with van der Waals surface area (Å²) in [7, 11) is -3.58. The zero-order valence-corrected chi connectivity index (χ0v) is 16.6. The van der Waals surface area contributed by atoms with Crippen LogP contribution in [0.3, 0.4) is 0 Å². The molecular weight excluding hydrogens is 354 g/mol. The quantitative estimate of drug-likeness (QED) is 0.702. The van der Waals surface area contributed by atoms with E-state index in [2.05, 4.69) is 19.1 Å². The van der Waals surface area contributed by atoms with Crippen LogP contribution >= 0.6 is 0 Å². The molecule has 2 aliphatic rings. The highest BCUT2D eigenvalue weighted by Gasteiger charge is 2.44. The number of hydrogen-bond acceptors (Lipinski definition) is 2. The lowest BCUT2D eigenvalue weighted by Crippen LogP contribution is -2.31. The second-order valence-electron chi connectivity index (χ2n) is 7.51. The fourth-order valence-electron chi connectivity index (χ4n) is 4.24. The lowest BCUT2D eigenvalue weighted by molar-refractivity contribution is 0.408. The predicted molar refractivity (Wildman–Crippen MR) is 109 cm³/mol. The second-order valence-corrected chi connectivity index (χ2v) is 9.40. The highest BCUT2D eigenvalue weighted by atomic mass is 32.2. The highest BCUT2D eigenvalue weighted by molar-refractivity contribution is 7.89. The van der Waals surface area contributed by atoms with E-state index in [0.717, 1.165) is 24.0 Å². The SMILES string of the molecule is CC1=C2C(C=CCC1)CN(S(=O)(=O)c1ccc(C)cc1)[C@@H]2c1ccccc1.